The second kappa shape index (κ2) is 51.5. The topological polar surface area (TPSA) is 78.9 Å². The molecule has 0 aromatic heterocycles. The van der Waals surface area contributed by atoms with Gasteiger partial charge in [0.25, 0.3) is 0 Å². The first-order chi connectivity index (χ1) is 31.0. The minimum Gasteiger partial charge on any atom is -0.462 e. The molecule has 1 atom stereocenters. The predicted molar refractivity (Wildman–Crippen MR) is 270 cm³/mol. The van der Waals surface area contributed by atoms with Crippen LogP contribution in [-0.2, 0) is 28.6 Å². The van der Waals surface area contributed by atoms with Gasteiger partial charge in [-0.05, 0) is 103 Å². The summed E-state index contributed by atoms with van der Waals surface area (Å²) in [5.41, 5.74) is 0. The van der Waals surface area contributed by atoms with Crippen molar-refractivity contribution in [2.24, 2.45) is 0 Å². The van der Waals surface area contributed by atoms with Crippen LogP contribution in [0.4, 0.5) is 0 Å². The summed E-state index contributed by atoms with van der Waals surface area (Å²) in [5, 5.41) is 0. The molecule has 63 heavy (non-hydrogen) atoms. The van der Waals surface area contributed by atoms with Gasteiger partial charge in [0.2, 0.25) is 0 Å². The van der Waals surface area contributed by atoms with Gasteiger partial charge in [-0.3, -0.25) is 14.4 Å². The summed E-state index contributed by atoms with van der Waals surface area (Å²) in [4.78, 5) is 38.0. The highest BCUT2D eigenvalue weighted by Crippen LogP contribution is 2.14. The van der Waals surface area contributed by atoms with Gasteiger partial charge >= 0.3 is 17.9 Å². The normalized spacial score (nSPS) is 12.6. The summed E-state index contributed by atoms with van der Waals surface area (Å²) in [6.07, 6.45) is 64.6. The summed E-state index contributed by atoms with van der Waals surface area (Å²) in [6, 6.07) is 0. The third-order valence-electron chi connectivity index (χ3n) is 11.1. The highest BCUT2D eigenvalue weighted by atomic mass is 16.6. The number of carbonyl (C=O) groups is 3. The van der Waals surface area contributed by atoms with E-state index in [9.17, 15) is 14.4 Å². The Balaban J connectivity index is 4.38. The third-order valence-corrected chi connectivity index (χ3v) is 11.1. The molecular weight excluding hydrogens is 781 g/mol. The van der Waals surface area contributed by atoms with Crippen LogP contribution in [0.1, 0.15) is 252 Å². The molecule has 362 valence electrons. The van der Waals surface area contributed by atoms with Crippen molar-refractivity contribution in [3.8, 4) is 0 Å². The molecule has 0 rings (SSSR count). The summed E-state index contributed by atoms with van der Waals surface area (Å²) in [6.45, 7) is 6.43. The minimum atomic E-state index is -0.792. The highest BCUT2D eigenvalue weighted by molar-refractivity contribution is 5.71. The summed E-state index contributed by atoms with van der Waals surface area (Å²) < 4.78 is 16.8. The number of hydrogen-bond acceptors (Lipinski definition) is 6. The fourth-order valence-electron chi connectivity index (χ4n) is 7.19. The molecule has 0 fully saturated rings. The van der Waals surface area contributed by atoms with E-state index in [2.05, 4.69) is 93.7 Å². The minimum absolute atomic E-state index is 0.0904. The summed E-state index contributed by atoms with van der Waals surface area (Å²) in [7, 11) is 0. The van der Waals surface area contributed by atoms with E-state index in [1.54, 1.807) is 0 Å². The third kappa shape index (κ3) is 49.7. The molecule has 0 N–H and O–H groups in total. The molecule has 0 saturated heterocycles. The molecule has 0 heterocycles. The SMILES string of the molecule is CC/C=C\C/C=C\C/C=C\C/C=C\CCCCCCC(=O)OC(COC(=O)CCCCCCC/C=C\CCC)COC(=O)CCCCCCCCC/C=C\CCCCCCCCC. The molecular formula is C57H98O6. The van der Waals surface area contributed by atoms with Crippen molar-refractivity contribution in [1.29, 1.82) is 0 Å². The molecule has 6 nitrogen and oxygen atoms in total. The lowest BCUT2D eigenvalue weighted by Gasteiger charge is -2.18. The Morgan fingerprint density at radius 3 is 1.05 bits per heavy atom. The second-order valence-corrected chi connectivity index (χ2v) is 17.4. The van der Waals surface area contributed by atoms with E-state index in [4.69, 9.17) is 14.2 Å². The number of ether oxygens (including phenoxy) is 3. The Hall–Kier alpha value is -3.15. The quantitative estimate of drug-likeness (QED) is 0.0262. The Bertz CT molecular complexity index is 1190. The van der Waals surface area contributed by atoms with Crippen LogP contribution in [0.15, 0.2) is 72.9 Å². The molecule has 0 amide bonds. The van der Waals surface area contributed by atoms with E-state index in [1.807, 2.05) is 0 Å². The summed E-state index contributed by atoms with van der Waals surface area (Å²) in [5.74, 6) is -0.928. The van der Waals surface area contributed by atoms with Crippen LogP contribution >= 0.6 is 0 Å². The van der Waals surface area contributed by atoms with Crippen LogP contribution in [0.25, 0.3) is 0 Å². The monoisotopic (exact) mass is 879 g/mol. The van der Waals surface area contributed by atoms with Crippen molar-refractivity contribution in [3.63, 3.8) is 0 Å². The van der Waals surface area contributed by atoms with Crippen molar-refractivity contribution in [3.05, 3.63) is 72.9 Å². The second-order valence-electron chi connectivity index (χ2n) is 17.4. The van der Waals surface area contributed by atoms with E-state index >= 15 is 0 Å². The van der Waals surface area contributed by atoms with Crippen LogP contribution < -0.4 is 0 Å². The molecule has 0 aliphatic rings. The molecule has 0 bridgehead atoms. The van der Waals surface area contributed by atoms with Crippen molar-refractivity contribution < 1.29 is 28.6 Å². The molecule has 6 heteroatoms. The number of rotatable bonds is 47. The lowest BCUT2D eigenvalue weighted by Crippen LogP contribution is -2.30. The molecule has 0 saturated carbocycles. The number of hydrogen-bond donors (Lipinski definition) is 0. The van der Waals surface area contributed by atoms with Gasteiger partial charge in [0.15, 0.2) is 6.10 Å². The standard InChI is InChI=1S/C57H98O6/c1-4-7-10-13-16-19-22-24-26-28-30-31-33-35-38-41-44-47-50-56(59)62-53-54(52-61-55(58)49-46-43-40-37-21-18-15-12-9-6-3)63-57(60)51-48-45-42-39-36-34-32-29-27-25-23-20-17-14-11-8-5-2/h8,11-12,15,17,20,25-28,32,34,54H,4-7,9-10,13-14,16,18-19,21-24,29-31,33,35-53H2,1-3H3/b11-8-,15-12-,20-17-,27-25-,28-26-,34-32-. The van der Waals surface area contributed by atoms with Gasteiger partial charge in [-0.25, -0.2) is 0 Å². The van der Waals surface area contributed by atoms with E-state index in [0.717, 1.165) is 116 Å². The Morgan fingerprint density at radius 2 is 0.651 bits per heavy atom. The van der Waals surface area contributed by atoms with E-state index < -0.39 is 6.10 Å². The van der Waals surface area contributed by atoms with Crippen molar-refractivity contribution >= 4 is 17.9 Å². The molecule has 0 aromatic carbocycles. The molecule has 0 aliphatic heterocycles. The molecule has 0 spiro atoms. The number of unbranched alkanes of at least 4 members (excludes halogenated alkanes) is 24. The Morgan fingerprint density at radius 1 is 0.333 bits per heavy atom. The Kier molecular flexibility index (Phi) is 48.9. The zero-order valence-electron chi connectivity index (χ0n) is 41.3. The first kappa shape index (κ1) is 59.9. The number of allylic oxidation sites excluding steroid dienone is 12. The van der Waals surface area contributed by atoms with Gasteiger partial charge in [0.1, 0.15) is 13.2 Å². The van der Waals surface area contributed by atoms with Gasteiger partial charge in [0.05, 0.1) is 0 Å². The maximum Gasteiger partial charge on any atom is 0.306 e. The summed E-state index contributed by atoms with van der Waals surface area (Å²) >= 11 is 0. The fourth-order valence-corrected chi connectivity index (χ4v) is 7.19. The average molecular weight is 879 g/mol. The van der Waals surface area contributed by atoms with E-state index in [0.29, 0.717) is 19.3 Å². The highest BCUT2D eigenvalue weighted by Gasteiger charge is 2.19. The smallest absolute Gasteiger partial charge is 0.306 e. The van der Waals surface area contributed by atoms with Gasteiger partial charge in [-0.2, -0.15) is 0 Å². The number of esters is 3. The molecule has 0 radical (unpaired) electrons. The van der Waals surface area contributed by atoms with Gasteiger partial charge in [-0.15, -0.1) is 0 Å². The van der Waals surface area contributed by atoms with Crippen LogP contribution in [0.2, 0.25) is 0 Å². The predicted octanol–water partition coefficient (Wildman–Crippen LogP) is 17.4. The lowest BCUT2D eigenvalue weighted by atomic mass is 10.1. The largest absolute Gasteiger partial charge is 0.462 e. The van der Waals surface area contributed by atoms with Crippen molar-refractivity contribution in [2.75, 3.05) is 13.2 Å². The maximum atomic E-state index is 12.8. The van der Waals surface area contributed by atoms with Gasteiger partial charge < -0.3 is 14.2 Å². The molecule has 1 unspecified atom stereocenters. The van der Waals surface area contributed by atoms with E-state index in [1.165, 1.54) is 96.3 Å². The lowest BCUT2D eigenvalue weighted by molar-refractivity contribution is -0.167. The van der Waals surface area contributed by atoms with Crippen LogP contribution in [0, 0.1) is 0 Å². The molecule has 0 aliphatic carbocycles. The van der Waals surface area contributed by atoms with Crippen LogP contribution in [-0.4, -0.2) is 37.2 Å². The first-order valence-corrected chi connectivity index (χ1v) is 26.4. The van der Waals surface area contributed by atoms with Gasteiger partial charge in [-0.1, -0.05) is 203 Å². The molecule has 0 aromatic rings. The zero-order valence-corrected chi connectivity index (χ0v) is 41.3. The van der Waals surface area contributed by atoms with Crippen LogP contribution in [0.5, 0.6) is 0 Å². The number of carbonyl (C=O) groups excluding carboxylic acids is 3. The van der Waals surface area contributed by atoms with Gasteiger partial charge in [0, 0.05) is 19.3 Å². The first-order valence-electron chi connectivity index (χ1n) is 26.4. The van der Waals surface area contributed by atoms with E-state index in [-0.39, 0.29) is 31.1 Å². The average Bonchev–Trinajstić information content (AvgIpc) is 3.28. The Labute approximate surface area is 389 Å². The fraction of sp³-hybridized carbons (Fsp3) is 0.737. The zero-order chi connectivity index (χ0) is 45.8. The van der Waals surface area contributed by atoms with Crippen molar-refractivity contribution in [2.45, 2.75) is 258 Å². The maximum absolute atomic E-state index is 12.8. The van der Waals surface area contributed by atoms with Crippen LogP contribution in [0.3, 0.4) is 0 Å². The van der Waals surface area contributed by atoms with Crippen molar-refractivity contribution in [1.82, 2.24) is 0 Å².